The molecule has 0 radical (unpaired) electrons. The van der Waals surface area contributed by atoms with E-state index in [2.05, 4.69) is 5.32 Å². The van der Waals surface area contributed by atoms with Crippen molar-refractivity contribution in [1.82, 2.24) is 5.32 Å². The summed E-state index contributed by atoms with van der Waals surface area (Å²) < 4.78 is 0. The van der Waals surface area contributed by atoms with Crippen molar-refractivity contribution in [3.8, 4) is 0 Å². The van der Waals surface area contributed by atoms with Crippen LogP contribution in [0.4, 0.5) is 0 Å². The van der Waals surface area contributed by atoms with Crippen LogP contribution in [0.2, 0.25) is 0 Å². The van der Waals surface area contributed by atoms with Crippen LogP contribution in [-0.4, -0.2) is 17.8 Å². The number of halogens is 1. The maximum atomic E-state index is 11.7. The van der Waals surface area contributed by atoms with E-state index in [1.807, 2.05) is 44.2 Å². The smallest absolute Gasteiger partial charge is 0.238 e. The van der Waals surface area contributed by atoms with Crippen LogP contribution in [0.15, 0.2) is 30.3 Å². The van der Waals surface area contributed by atoms with Crippen LogP contribution in [0.3, 0.4) is 0 Å². The second-order valence-corrected chi connectivity index (χ2v) is 4.36. The third-order valence-corrected chi connectivity index (χ3v) is 3.14. The summed E-state index contributed by atoms with van der Waals surface area (Å²) in [5.41, 5.74) is 1.09. The summed E-state index contributed by atoms with van der Waals surface area (Å²) in [5, 5.41) is 2.31. The van der Waals surface area contributed by atoms with Gasteiger partial charge in [0.15, 0.2) is 0 Å². The van der Waals surface area contributed by atoms with Gasteiger partial charge in [-0.25, -0.2) is 0 Å². The highest BCUT2D eigenvalue weighted by atomic mass is 35.5. The van der Waals surface area contributed by atoms with Crippen molar-refractivity contribution in [2.45, 2.75) is 31.6 Å². The Kier molecular flexibility index (Phi) is 5.33. The van der Waals surface area contributed by atoms with Crippen molar-refractivity contribution in [2.24, 2.45) is 0 Å². The molecule has 1 N–H and O–H groups in total. The number of hydrogen-bond donors (Lipinski definition) is 1. The number of amides is 1. The minimum absolute atomic E-state index is 0.0275. The summed E-state index contributed by atoms with van der Waals surface area (Å²) in [4.78, 5) is 11.7. The van der Waals surface area contributed by atoms with Crippen LogP contribution in [0.25, 0.3) is 0 Å². The molecule has 2 unspecified atom stereocenters. The number of alkyl halides is 1. The maximum absolute atomic E-state index is 11.7. The van der Waals surface area contributed by atoms with Crippen LogP contribution in [0.5, 0.6) is 0 Å². The normalized spacial score (nSPS) is 14.2. The van der Waals surface area contributed by atoms with Crippen LogP contribution in [0.1, 0.15) is 31.7 Å². The number of carbonyl (C=O) groups is 1. The summed E-state index contributed by atoms with van der Waals surface area (Å²) in [5.74, 6) is -0.0559. The average Bonchev–Trinajstić information content (AvgIpc) is 2.35. The SMILES string of the molecule is CCCNC(=O)C(Cl)C(C)c1ccccc1. The molecule has 1 aromatic rings. The summed E-state index contributed by atoms with van der Waals surface area (Å²) in [7, 11) is 0. The number of rotatable bonds is 5. The largest absolute Gasteiger partial charge is 0.355 e. The molecule has 0 saturated heterocycles. The highest BCUT2D eigenvalue weighted by Crippen LogP contribution is 2.23. The van der Waals surface area contributed by atoms with E-state index in [-0.39, 0.29) is 11.8 Å². The van der Waals surface area contributed by atoms with Gasteiger partial charge >= 0.3 is 0 Å². The fourth-order valence-corrected chi connectivity index (χ4v) is 1.72. The van der Waals surface area contributed by atoms with Gasteiger partial charge in [0.05, 0.1) is 0 Å². The Balaban J connectivity index is 2.60. The number of hydrogen-bond acceptors (Lipinski definition) is 1. The first-order chi connectivity index (χ1) is 7.66. The summed E-state index contributed by atoms with van der Waals surface area (Å²) in [6.07, 6.45) is 0.926. The van der Waals surface area contributed by atoms with Crippen molar-refractivity contribution in [1.29, 1.82) is 0 Å². The molecule has 2 nitrogen and oxygen atoms in total. The highest BCUT2D eigenvalue weighted by molar-refractivity contribution is 6.31. The molecule has 0 aromatic heterocycles. The molecule has 0 saturated carbocycles. The number of benzene rings is 1. The second-order valence-electron chi connectivity index (χ2n) is 3.89. The second kappa shape index (κ2) is 6.54. The molecule has 0 heterocycles. The van der Waals surface area contributed by atoms with Crippen molar-refractivity contribution < 1.29 is 4.79 Å². The molecule has 88 valence electrons. The Bertz CT molecular complexity index is 326. The lowest BCUT2D eigenvalue weighted by Gasteiger charge is -2.17. The average molecular weight is 240 g/mol. The molecule has 0 aliphatic heterocycles. The minimum atomic E-state index is -0.506. The fraction of sp³-hybridized carbons (Fsp3) is 0.462. The summed E-state index contributed by atoms with van der Waals surface area (Å²) in [6, 6.07) is 9.86. The third kappa shape index (κ3) is 3.53. The van der Waals surface area contributed by atoms with E-state index in [4.69, 9.17) is 11.6 Å². The highest BCUT2D eigenvalue weighted by Gasteiger charge is 2.23. The summed E-state index contributed by atoms with van der Waals surface area (Å²) >= 11 is 6.14. The van der Waals surface area contributed by atoms with E-state index in [0.717, 1.165) is 12.0 Å². The first kappa shape index (κ1) is 13.0. The Morgan fingerprint density at radius 3 is 2.56 bits per heavy atom. The van der Waals surface area contributed by atoms with Gasteiger partial charge in [0.2, 0.25) is 5.91 Å². The van der Waals surface area contributed by atoms with E-state index in [9.17, 15) is 4.79 Å². The Labute approximate surface area is 102 Å². The molecule has 0 aliphatic rings. The molecular weight excluding hydrogens is 222 g/mol. The molecular formula is C13H18ClNO. The Hall–Kier alpha value is -1.02. The molecule has 0 spiro atoms. The predicted molar refractivity (Wildman–Crippen MR) is 67.8 cm³/mol. The zero-order valence-electron chi connectivity index (χ0n) is 9.74. The van der Waals surface area contributed by atoms with Gasteiger partial charge in [0, 0.05) is 12.5 Å². The zero-order chi connectivity index (χ0) is 12.0. The van der Waals surface area contributed by atoms with Gasteiger partial charge in [0.25, 0.3) is 0 Å². The first-order valence-electron chi connectivity index (χ1n) is 5.63. The lowest BCUT2D eigenvalue weighted by atomic mass is 9.97. The van der Waals surface area contributed by atoms with Gasteiger partial charge in [-0.15, -0.1) is 11.6 Å². The minimum Gasteiger partial charge on any atom is -0.355 e. The van der Waals surface area contributed by atoms with E-state index in [1.165, 1.54) is 0 Å². The molecule has 0 aliphatic carbocycles. The van der Waals surface area contributed by atoms with Gasteiger partial charge in [-0.1, -0.05) is 44.2 Å². The summed E-state index contributed by atoms with van der Waals surface area (Å²) in [6.45, 7) is 4.67. The van der Waals surface area contributed by atoms with Gasteiger partial charge in [0.1, 0.15) is 5.38 Å². The van der Waals surface area contributed by atoms with E-state index < -0.39 is 5.38 Å². The van der Waals surface area contributed by atoms with E-state index in [0.29, 0.717) is 6.54 Å². The van der Waals surface area contributed by atoms with Crippen LogP contribution in [0, 0.1) is 0 Å². The quantitative estimate of drug-likeness (QED) is 0.787. The van der Waals surface area contributed by atoms with Crippen molar-refractivity contribution in [3.05, 3.63) is 35.9 Å². The molecule has 1 aromatic carbocycles. The molecule has 2 atom stereocenters. The fourth-order valence-electron chi connectivity index (χ4n) is 1.50. The lowest BCUT2D eigenvalue weighted by molar-refractivity contribution is -0.121. The monoisotopic (exact) mass is 239 g/mol. The predicted octanol–water partition coefficient (Wildman–Crippen LogP) is 2.92. The number of carbonyl (C=O) groups excluding carboxylic acids is 1. The standard InChI is InChI=1S/C13H18ClNO/c1-3-9-15-13(16)12(14)10(2)11-7-5-4-6-8-11/h4-8,10,12H,3,9H2,1-2H3,(H,15,16). The first-order valence-corrected chi connectivity index (χ1v) is 6.07. The Morgan fingerprint density at radius 1 is 1.38 bits per heavy atom. The number of nitrogens with one attached hydrogen (secondary N) is 1. The molecule has 16 heavy (non-hydrogen) atoms. The molecule has 1 amide bonds. The third-order valence-electron chi connectivity index (χ3n) is 2.56. The zero-order valence-corrected chi connectivity index (χ0v) is 10.5. The van der Waals surface area contributed by atoms with Crippen LogP contribution < -0.4 is 5.32 Å². The van der Waals surface area contributed by atoms with Crippen LogP contribution >= 0.6 is 11.6 Å². The van der Waals surface area contributed by atoms with Gasteiger partial charge in [-0.2, -0.15) is 0 Å². The van der Waals surface area contributed by atoms with Crippen molar-refractivity contribution in [3.63, 3.8) is 0 Å². The van der Waals surface area contributed by atoms with E-state index >= 15 is 0 Å². The molecule has 3 heteroatoms. The van der Waals surface area contributed by atoms with E-state index in [1.54, 1.807) is 0 Å². The maximum Gasteiger partial charge on any atom is 0.238 e. The Morgan fingerprint density at radius 2 is 2.00 bits per heavy atom. The van der Waals surface area contributed by atoms with Gasteiger partial charge in [-0.3, -0.25) is 4.79 Å². The molecule has 0 bridgehead atoms. The van der Waals surface area contributed by atoms with Crippen LogP contribution in [-0.2, 0) is 4.79 Å². The van der Waals surface area contributed by atoms with Crippen molar-refractivity contribution in [2.75, 3.05) is 6.54 Å². The van der Waals surface area contributed by atoms with Gasteiger partial charge in [-0.05, 0) is 12.0 Å². The topological polar surface area (TPSA) is 29.1 Å². The molecule has 1 rings (SSSR count). The lowest BCUT2D eigenvalue weighted by Crippen LogP contribution is -2.34. The molecule has 0 fully saturated rings. The van der Waals surface area contributed by atoms with Crippen molar-refractivity contribution >= 4 is 17.5 Å². The van der Waals surface area contributed by atoms with Gasteiger partial charge < -0.3 is 5.32 Å².